The van der Waals surface area contributed by atoms with Gasteiger partial charge in [-0.25, -0.2) is 4.98 Å². The summed E-state index contributed by atoms with van der Waals surface area (Å²) in [7, 11) is 0. The van der Waals surface area contributed by atoms with Crippen molar-refractivity contribution in [3.05, 3.63) is 52.5 Å². The number of anilines is 1. The zero-order valence-electron chi connectivity index (χ0n) is 16.3. The molecule has 0 fully saturated rings. The zero-order chi connectivity index (χ0) is 20.1. The average molecular weight is 478 g/mol. The Morgan fingerprint density at radius 3 is 2.61 bits per heavy atom. The number of carbonyl (C=O) groups excluding carboxylic acids is 1. The van der Waals surface area contributed by atoms with Crippen LogP contribution in [0.3, 0.4) is 0 Å². The molecule has 0 N–H and O–H groups in total. The number of hydrogen-bond acceptors (Lipinski definition) is 5. The summed E-state index contributed by atoms with van der Waals surface area (Å²) in [6.07, 6.45) is 2.07. The number of likely N-dealkylation sites (N-methyl/N-ethyl adjacent to an activating group) is 1. The van der Waals surface area contributed by atoms with Crippen molar-refractivity contribution in [1.82, 2.24) is 9.88 Å². The van der Waals surface area contributed by atoms with Crippen molar-refractivity contribution in [2.75, 3.05) is 37.3 Å². The second-order valence-corrected chi connectivity index (χ2v) is 9.13. The van der Waals surface area contributed by atoms with Crippen LogP contribution in [-0.2, 0) is 0 Å². The number of carbonyl (C=O) groups is 1. The fourth-order valence-electron chi connectivity index (χ4n) is 2.98. The lowest BCUT2D eigenvalue weighted by atomic mass is 10.2. The Labute approximate surface area is 183 Å². The summed E-state index contributed by atoms with van der Waals surface area (Å²) in [4.78, 5) is 23.5. The molecule has 4 nitrogen and oxygen atoms in total. The number of thioether (sulfide) groups is 1. The number of nitrogens with zero attached hydrogens (tertiary/aromatic N) is 3. The van der Waals surface area contributed by atoms with Gasteiger partial charge in [0.05, 0.1) is 10.2 Å². The molecule has 0 saturated carbocycles. The largest absolute Gasteiger partial charge is 0.302 e. The van der Waals surface area contributed by atoms with Gasteiger partial charge in [0.15, 0.2) is 5.13 Å². The Morgan fingerprint density at radius 2 is 1.93 bits per heavy atom. The minimum absolute atomic E-state index is 0.0161. The maximum Gasteiger partial charge on any atom is 0.260 e. The molecular weight excluding hydrogens is 454 g/mol. The predicted molar refractivity (Wildman–Crippen MR) is 125 cm³/mol. The molecule has 7 heteroatoms. The normalized spacial score (nSPS) is 11.3. The highest BCUT2D eigenvalue weighted by molar-refractivity contribution is 9.10. The number of rotatable bonds is 8. The highest BCUT2D eigenvalue weighted by Gasteiger charge is 2.22. The molecule has 0 aliphatic carbocycles. The van der Waals surface area contributed by atoms with E-state index in [1.165, 1.54) is 4.90 Å². The molecule has 0 saturated heterocycles. The molecule has 2 aromatic carbocycles. The first kappa shape index (κ1) is 21.3. The molecule has 3 aromatic rings. The van der Waals surface area contributed by atoms with E-state index in [2.05, 4.69) is 53.1 Å². The second kappa shape index (κ2) is 9.87. The minimum Gasteiger partial charge on any atom is -0.302 e. The summed E-state index contributed by atoms with van der Waals surface area (Å²) in [5.41, 5.74) is 1.60. The van der Waals surface area contributed by atoms with Crippen LogP contribution in [0, 0.1) is 0 Å². The monoisotopic (exact) mass is 477 g/mol. The Bertz CT molecular complexity index is 956. The first-order valence-electron chi connectivity index (χ1n) is 9.30. The van der Waals surface area contributed by atoms with Gasteiger partial charge in [0.2, 0.25) is 0 Å². The van der Waals surface area contributed by atoms with E-state index in [-0.39, 0.29) is 5.91 Å². The smallest absolute Gasteiger partial charge is 0.260 e. The molecule has 1 amide bonds. The average Bonchev–Trinajstić information content (AvgIpc) is 3.13. The quantitative estimate of drug-likeness (QED) is 0.385. The van der Waals surface area contributed by atoms with Crippen molar-refractivity contribution >= 4 is 60.3 Å². The third-order valence-corrected chi connectivity index (χ3v) is 6.93. The molecule has 0 spiro atoms. The van der Waals surface area contributed by atoms with Gasteiger partial charge in [-0.1, -0.05) is 47.2 Å². The van der Waals surface area contributed by atoms with Gasteiger partial charge >= 0.3 is 0 Å². The topological polar surface area (TPSA) is 36.4 Å². The lowest BCUT2D eigenvalue weighted by Crippen LogP contribution is -2.38. The Kier molecular flexibility index (Phi) is 7.51. The van der Waals surface area contributed by atoms with Crippen LogP contribution in [0.4, 0.5) is 5.13 Å². The van der Waals surface area contributed by atoms with E-state index in [1.807, 2.05) is 35.2 Å². The van der Waals surface area contributed by atoms with E-state index in [9.17, 15) is 4.79 Å². The summed E-state index contributed by atoms with van der Waals surface area (Å²) in [6, 6.07) is 13.8. The lowest BCUT2D eigenvalue weighted by molar-refractivity contribution is 0.0983. The number of hydrogen-bond donors (Lipinski definition) is 0. The van der Waals surface area contributed by atoms with E-state index in [1.54, 1.807) is 23.1 Å². The predicted octanol–water partition coefficient (Wildman–Crippen LogP) is 5.77. The van der Waals surface area contributed by atoms with Crippen molar-refractivity contribution in [1.29, 1.82) is 0 Å². The van der Waals surface area contributed by atoms with Crippen LogP contribution in [0.15, 0.2) is 51.8 Å². The standard InChI is InChI=1S/C21H24BrN3OS2/c1-4-24(5-2)11-12-25(20(26)15-7-6-8-16(22)13-15)21-23-18-10-9-17(27-3)14-19(18)28-21/h6-10,13-14H,4-5,11-12H2,1-3H3. The summed E-state index contributed by atoms with van der Waals surface area (Å²) in [5, 5.41) is 0.755. The highest BCUT2D eigenvalue weighted by atomic mass is 79.9. The van der Waals surface area contributed by atoms with Crippen molar-refractivity contribution in [2.45, 2.75) is 18.7 Å². The lowest BCUT2D eigenvalue weighted by Gasteiger charge is -2.24. The molecule has 0 atom stereocenters. The van der Waals surface area contributed by atoms with Gasteiger partial charge in [-0.2, -0.15) is 0 Å². The van der Waals surface area contributed by atoms with E-state index in [4.69, 9.17) is 4.98 Å². The van der Waals surface area contributed by atoms with E-state index >= 15 is 0 Å². The molecule has 148 valence electrons. The van der Waals surface area contributed by atoms with Gasteiger partial charge in [-0.3, -0.25) is 9.69 Å². The van der Waals surface area contributed by atoms with Crippen molar-refractivity contribution in [2.24, 2.45) is 0 Å². The number of benzene rings is 2. The van der Waals surface area contributed by atoms with Crippen molar-refractivity contribution in [3.8, 4) is 0 Å². The Balaban J connectivity index is 1.96. The van der Waals surface area contributed by atoms with Crippen LogP contribution in [0.25, 0.3) is 10.2 Å². The van der Waals surface area contributed by atoms with Crippen molar-refractivity contribution in [3.63, 3.8) is 0 Å². The van der Waals surface area contributed by atoms with E-state index in [0.717, 1.165) is 39.5 Å². The molecule has 0 aliphatic heterocycles. The third-order valence-electron chi connectivity index (χ3n) is 4.67. The van der Waals surface area contributed by atoms with Gasteiger partial charge in [0.1, 0.15) is 0 Å². The summed E-state index contributed by atoms with van der Waals surface area (Å²) in [5.74, 6) is -0.0161. The van der Waals surface area contributed by atoms with Crippen LogP contribution >= 0.6 is 39.0 Å². The molecule has 1 aromatic heterocycles. The number of halogens is 1. The molecular formula is C21H24BrN3OS2. The zero-order valence-corrected chi connectivity index (χ0v) is 19.5. The SMILES string of the molecule is CCN(CC)CCN(C(=O)c1cccc(Br)c1)c1nc2ccc(SC)cc2s1. The summed E-state index contributed by atoms with van der Waals surface area (Å²) in [6.45, 7) is 7.65. The van der Waals surface area contributed by atoms with Gasteiger partial charge in [-0.05, 0) is 55.7 Å². The molecule has 0 radical (unpaired) electrons. The fourth-order valence-corrected chi connectivity index (χ4v) is 4.92. The Morgan fingerprint density at radius 1 is 1.14 bits per heavy atom. The van der Waals surface area contributed by atoms with Gasteiger partial charge in [-0.15, -0.1) is 11.8 Å². The van der Waals surface area contributed by atoms with Crippen LogP contribution < -0.4 is 4.90 Å². The van der Waals surface area contributed by atoms with E-state index in [0.29, 0.717) is 12.1 Å². The first-order valence-corrected chi connectivity index (χ1v) is 12.1. The van der Waals surface area contributed by atoms with Gasteiger partial charge in [0, 0.05) is 28.0 Å². The second-order valence-electron chi connectivity index (χ2n) is 6.32. The minimum atomic E-state index is -0.0161. The van der Waals surface area contributed by atoms with Crippen molar-refractivity contribution < 1.29 is 4.79 Å². The van der Waals surface area contributed by atoms with Crippen LogP contribution in [0.5, 0.6) is 0 Å². The third kappa shape index (κ3) is 4.95. The van der Waals surface area contributed by atoms with Gasteiger partial charge in [0.25, 0.3) is 5.91 Å². The molecule has 0 unspecified atom stereocenters. The number of thiazole rings is 1. The van der Waals surface area contributed by atoms with Crippen LogP contribution in [0.1, 0.15) is 24.2 Å². The molecule has 28 heavy (non-hydrogen) atoms. The maximum absolute atomic E-state index is 13.3. The fraction of sp³-hybridized carbons (Fsp3) is 0.333. The molecule has 1 heterocycles. The molecule has 3 rings (SSSR count). The van der Waals surface area contributed by atoms with Crippen LogP contribution in [0.2, 0.25) is 0 Å². The maximum atomic E-state index is 13.3. The van der Waals surface area contributed by atoms with E-state index < -0.39 is 0 Å². The molecule has 0 aliphatic rings. The first-order chi connectivity index (χ1) is 13.5. The summed E-state index contributed by atoms with van der Waals surface area (Å²) < 4.78 is 2.01. The highest BCUT2D eigenvalue weighted by Crippen LogP contribution is 2.32. The number of aromatic nitrogens is 1. The summed E-state index contributed by atoms with van der Waals surface area (Å²) >= 11 is 6.76. The molecule has 0 bridgehead atoms. The van der Waals surface area contributed by atoms with Gasteiger partial charge < -0.3 is 4.90 Å². The number of fused-ring (bicyclic) bond motifs is 1. The Hall–Kier alpha value is -1.41. The number of amides is 1. The van der Waals surface area contributed by atoms with Crippen LogP contribution in [-0.4, -0.2) is 48.2 Å².